The molecule has 6 nitrogen and oxygen atoms in total. The molecule has 1 amide bonds. The van der Waals surface area contributed by atoms with Crippen LogP contribution >= 0.6 is 0 Å². The van der Waals surface area contributed by atoms with E-state index in [1.165, 1.54) is 18.4 Å². The second-order valence-corrected chi connectivity index (χ2v) is 7.68. The fourth-order valence-electron chi connectivity index (χ4n) is 4.31. The van der Waals surface area contributed by atoms with Crippen molar-refractivity contribution in [1.82, 2.24) is 24.9 Å². The highest BCUT2D eigenvalue weighted by molar-refractivity contribution is 5.78. The molecule has 3 heterocycles. The Morgan fingerprint density at radius 1 is 1.21 bits per heavy atom. The molecule has 1 aliphatic carbocycles. The summed E-state index contributed by atoms with van der Waals surface area (Å²) in [6.45, 7) is 3.82. The summed E-state index contributed by atoms with van der Waals surface area (Å²) in [5, 5.41) is 7.55. The van der Waals surface area contributed by atoms with E-state index in [1.54, 1.807) is 0 Å². The van der Waals surface area contributed by atoms with Gasteiger partial charge in [0.1, 0.15) is 0 Å². The zero-order valence-corrected chi connectivity index (χ0v) is 14.7. The number of hydrogen-bond acceptors (Lipinski definition) is 4. The van der Waals surface area contributed by atoms with Crippen LogP contribution in [-0.4, -0.2) is 63.8 Å². The minimum atomic E-state index is 0.190. The van der Waals surface area contributed by atoms with Crippen LogP contribution in [0.15, 0.2) is 12.4 Å². The van der Waals surface area contributed by atoms with E-state index in [-0.39, 0.29) is 5.91 Å². The van der Waals surface area contributed by atoms with E-state index < -0.39 is 0 Å². The van der Waals surface area contributed by atoms with Gasteiger partial charge in [-0.1, -0.05) is 0 Å². The highest BCUT2D eigenvalue weighted by Crippen LogP contribution is 2.31. The van der Waals surface area contributed by atoms with Crippen LogP contribution in [0, 0.1) is 0 Å². The minimum absolute atomic E-state index is 0.190. The fraction of sp³-hybridized carbons (Fsp3) is 0.778. The van der Waals surface area contributed by atoms with Gasteiger partial charge in [0.2, 0.25) is 5.91 Å². The maximum absolute atomic E-state index is 12.5. The van der Waals surface area contributed by atoms with Crippen LogP contribution in [-0.2, 0) is 11.8 Å². The monoisotopic (exact) mass is 331 g/mol. The van der Waals surface area contributed by atoms with Crippen molar-refractivity contribution in [3.63, 3.8) is 0 Å². The summed E-state index contributed by atoms with van der Waals surface area (Å²) in [6.07, 6.45) is 11.3. The average molecular weight is 331 g/mol. The van der Waals surface area contributed by atoms with Gasteiger partial charge in [-0.2, -0.15) is 5.10 Å². The molecule has 3 aliphatic rings. The highest BCUT2D eigenvalue weighted by Gasteiger charge is 2.33. The molecule has 0 radical (unpaired) electrons. The first kappa shape index (κ1) is 16.1. The maximum Gasteiger partial charge on any atom is 0.234 e. The van der Waals surface area contributed by atoms with E-state index in [1.807, 2.05) is 17.9 Å². The van der Waals surface area contributed by atoms with Gasteiger partial charge in [-0.25, -0.2) is 0 Å². The molecule has 0 aromatic carbocycles. The van der Waals surface area contributed by atoms with E-state index >= 15 is 0 Å². The molecule has 1 saturated carbocycles. The lowest BCUT2D eigenvalue weighted by atomic mass is 10.0. The molecular formula is C18H29N5O. The van der Waals surface area contributed by atoms with Crippen molar-refractivity contribution in [2.24, 2.45) is 7.05 Å². The molecule has 24 heavy (non-hydrogen) atoms. The lowest BCUT2D eigenvalue weighted by molar-refractivity contribution is -0.123. The standard InChI is InChI=1S/C18H29N5O/c1-21-12-14(11-19-21)17-3-2-8-23(17)13-18(24)20-15-6-9-22(10-7-15)16-4-5-16/h11-12,15-17H,2-10,13H2,1H3,(H,20,24). The largest absolute Gasteiger partial charge is 0.352 e. The van der Waals surface area contributed by atoms with Crippen molar-refractivity contribution < 1.29 is 4.79 Å². The van der Waals surface area contributed by atoms with Gasteiger partial charge in [0, 0.05) is 50.0 Å². The molecule has 1 aromatic rings. The van der Waals surface area contributed by atoms with Gasteiger partial charge in [0.25, 0.3) is 0 Å². The van der Waals surface area contributed by atoms with Crippen LogP contribution in [0.3, 0.4) is 0 Å². The summed E-state index contributed by atoms with van der Waals surface area (Å²) in [5.41, 5.74) is 1.24. The van der Waals surface area contributed by atoms with Crippen molar-refractivity contribution >= 4 is 5.91 Å². The molecule has 1 N–H and O–H groups in total. The zero-order valence-electron chi connectivity index (χ0n) is 14.7. The van der Waals surface area contributed by atoms with E-state index in [9.17, 15) is 4.79 Å². The van der Waals surface area contributed by atoms with Gasteiger partial charge in [0.05, 0.1) is 12.7 Å². The summed E-state index contributed by atoms with van der Waals surface area (Å²) < 4.78 is 1.85. The fourth-order valence-corrected chi connectivity index (χ4v) is 4.31. The predicted molar refractivity (Wildman–Crippen MR) is 92.5 cm³/mol. The second-order valence-electron chi connectivity index (χ2n) is 7.68. The molecule has 132 valence electrons. The molecule has 1 atom stereocenters. The lowest BCUT2D eigenvalue weighted by Crippen LogP contribution is -2.47. The van der Waals surface area contributed by atoms with Gasteiger partial charge in [-0.05, 0) is 45.1 Å². The third kappa shape index (κ3) is 3.64. The number of aromatic nitrogens is 2. The van der Waals surface area contributed by atoms with Crippen molar-refractivity contribution in [2.75, 3.05) is 26.2 Å². The molecule has 1 unspecified atom stereocenters. The Balaban J connectivity index is 1.26. The Hall–Kier alpha value is -1.40. The Bertz CT molecular complexity index is 574. The quantitative estimate of drug-likeness (QED) is 0.884. The van der Waals surface area contributed by atoms with Gasteiger partial charge >= 0.3 is 0 Å². The van der Waals surface area contributed by atoms with Crippen molar-refractivity contribution in [3.8, 4) is 0 Å². The predicted octanol–water partition coefficient (Wildman–Crippen LogP) is 1.30. The Labute approximate surface area is 144 Å². The van der Waals surface area contributed by atoms with Crippen molar-refractivity contribution in [2.45, 2.75) is 56.7 Å². The summed E-state index contributed by atoms with van der Waals surface area (Å²) in [7, 11) is 1.95. The number of amides is 1. The van der Waals surface area contributed by atoms with Gasteiger partial charge in [-0.3, -0.25) is 14.4 Å². The molecule has 0 bridgehead atoms. The molecule has 1 aromatic heterocycles. The van der Waals surface area contributed by atoms with Crippen LogP contribution < -0.4 is 5.32 Å². The normalized spacial score (nSPS) is 26.8. The van der Waals surface area contributed by atoms with Crippen LogP contribution in [0.1, 0.15) is 50.1 Å². The second kappa shape index (κ2) is 6.84. The number of aryl methyl sites for hydroxylation is 1. The van der Waals surface area contributed by atoms with Gasteiger partial charge in [-0.15, -0.1) is 0 Å². The number of carbonyl (C=O) groups is 1. The highest BCUT2D eigenvalue weighted by atomic mass is 16.2. The number of carbonyl (C=O) groups excluding carboxylic acids is 1. The van der Waals surface area contributed by atoms with Crippen LogP contribution in [0.2, 0.25) is 0 Å². The van der Waals surface area contributed by atoms with E-state index in [0.717, 1.165) is 51.4 Å². The molecule has 4 rings (SSSR count). The smallest absolute Gasteiger partial charge is 0.234 e. The Morgan fingerprint density at radius 3 is 2.67 bits per heavy atom. The van der Waals surface area contributed by atoms with Crippen molar-refractivity contribution in [3.05, 3.63) is 18.0 Å². The molecular weight excluding hydrogens is 302 g/mol. The Kier molecular flexibility index (Phi) is 4.59. The summed E-state index contributed by atoms with van der Waals surface area (Å²) in [6, 6.07) is 1.57. The summed E-state index contributed by atoms with van der Waals surface area (Å²) >= 11 is 0. The Morgan fingerprint density at radius 2 is 2.00 bits per heavy atom. The number of rotatable bonds is 5. The number of nitrogens with one attached hydrogen (secondary N) is 1. The minimum Gasteiger partial charge on any atom is -0.352 e. The maximum atomic E-state index is 12.5. The third-order valence-electron chi connectivity index (χ3n) is 5.78. The molecule has 6 heteroatoms. The molecule has 3 fully saturated rings. The summed E-state index contributed by atoms with van der Waals surface area (Å²) in [5.74, 6) is 0.190. The van der Waals surface area contributed by atoms with Gasteiger partial charge < -0.3 is 10.2 Å². The van der Waals surface area contributed by atoms with Gasteiger partial charge in [0.15, 0.2) is 0 Å². The number of likely N-dealkylation sites (tertiary alicyclic amines) is 2. The zero-order chi connectivity index (χ0) is 16.5. The number of hydrogen-bond donors (Lipinski definition) is 1. The topological polar surface area (TPSA) is 53.4 Å². The summed E-state index contributed by atoms with van der Waals surface area (Å²) in [4.78, 5) is 17.4. The third-order valence-corrected chi connectivity index (χ3v) is 5.78. The molecule has 2 saturated heterocycles. The number of piperidine rings is 1. The average Bonchev–Trinajstić information content (AvgIpc) is 3.18. The first-order valence-electron chi connectivity index (χ1n) is 9.45. The number of nitrogens with zero attached hydrogens (tertiary/aromatic N) is 4. The van der Waals surface area contributed by atoms with Crippen LogP contribution in [0.5, 0.6) is 0 Å². The van der Waals surface area contributed by atoms with Crippen LogP contribution in [0.4, 0.5) is 0 Å². The first-order chi connectivity index (χ1) is 11.7. The van der Waals surface area contributed by atoms with Crippen LogP contribution in [0.25, 0.3) is 0 Å². The van der Waals surface area contributed by atoms with E-state index in [4.69, 9.17) is 0 Å². The first-order valence-corrected chi connectivity index (χ1v) is 9.45. The van der Waals surface area contributed by atoms with E-state index in [2.05, 4.69) is 26.4 Å². The molecule has 2 aliphatic heterocycles. The SMILES string of the molecule is Cn1cc(C2CCCN2CC(=O)NC2CCN(C3CC3)CC2)cn1. The lowest BCUT2D eigenvalue weighted by Gasteiger charge is -2.33. The molecule has 0 spiro atoms. The van der Waals surface area contributed by atoms with E-state index in [0.29, 0.717) is 18.6 Å². The van der Waals surface area contributed by atoms with Crippen molar-refractivity contribution in [1.29, 1.82) is 0 Å².